The van der Waals surface area contributed by atoms with Crippen molar-refractivity contribution < 1.29 is 9.59 Å². The van der Waals surface area contributed by atoms with Crippen LogP contribution in [0.25, 0.3) is 0 Å². The van der Waals surface area contributed by atoms with Gasteiger partial charge in [0.2, 0.25) is 0 Å². The summed E-state index contributed by atoms with van der Waals surface area (Å²) in [7, 11) is 0. The van der Waals surface area contributed by atoms with Crippen LogP contribution >= 0.6 is 0 Å². The van der Waals surface area contributed by atoms with Crippen molar-refractivity contribution in [1.82, 2.24) is 5.32 Å². The number of anilines is 1. The first-order valence-corrected chi connectivity index (χ1v) is 8.87. The highest BCUT2D eigenvalue weighted by Crippen LogP contribution is 2.19. The van der Waals surface area contributed by atoms with E-state index in [0.29, 0.717) is 16.8 Å². The number of hydrogen-bond acceptors (Lipinski definition) is 2. The van der Waals surface area contributed by atoms with Crippen LogP contribution in [-0.4, -0.2) is 11.8 Å². The number of carbonyl (C=O) groups excluding carboxylic acids is 2. The van der Waals surface area contributed by atoms with Gasteiger partial charge in [0, 0.05) is 5.56 Å². The average molecular weight is 358 g/mol. The van der Waals surface area contributed by atoms with Crippen LogP contribution in [-0.2, 0) is 0 Å². The molecule has 0 saturated carbocycles. The monoisotopic (exact) mass is 358 g/mol. The Morgan fingerprint density at radius 1 is 0.778 bits per heavy atom. The third kappa shape index (κ3) is 4.61. The van der Waals surface area contributed by atoms with Crippen LogP contribution in [0.2, 0.25) is 0 Å². The summed E-state index contributed by atoms with van der Waals surface area (Å²) in [4.78, 5) is 25.3. The van der Waals surface area contributed by atoms with Gasteiger partial charge in [-0.05, 0) is 43.7 Å². The lowest BCUT2D eigenvalue weighted by Gasteiger charge is -2.16. The van der Waals surface area contributed by atoms with Gasteiger partial charge in [-0.2, -0.15) is 0 Å². The van der Waals surface area contributed by atoms with Crippen molar-refractivity contribution in [2.75, 3.05) is 5.32 Å². The van der Waals surface area contributed by atoms with Gasteiger partial charge in [-0.15, -0.1) is 0 Å². The minimum Gasteiger partial charge on any atom is -0.345 e. The van der Waals surface area contributed by atoms with Crippen molar-refractivity contribution in [3.63, 3.8) is 0 Å². The third-order valence-electron chi connectivity index (χ3n) is 4.38. The van der Waals surface area contributed by atoms with Crippen LogP contribution in [0.5, 0.6) is 0 Å². The molecular formula is C23H22N2O2. The number of carbonyl (C=O) groups is 2. The van der Waals surface area contributed by atoms with Gasteiger partial charge in [-0.25, -0.2) is 0 Å². The Labute approximate surface area is 159 Å². The highest BCUT2D eigenvalue weighted by Gasteiger charge is 2.16. The van der Waals surface area contributed by atoms with Crippen LogP contribution in [0.1, 0.15) is 44.8 Å². The molecule has 1 atom stereocenters. The lowest BCUT2D eigenvalue weighted by Crippen LogP contribution is -2.28. The molecule has 0 radical (unpaired) electrons. The summed E-state index contributed by atoms with van der Waals surface area (Å²) in [5, 5.41) is 5.82. The highest BCUT2D eigenvalue weighted by atomic mass is 16.2. The van der Waals surface area contributed by atoms with E-state index in [1.54, 1.807) is 36.4 Å². The second kappa shape index (κ2) is 8.32. The van der Waals surface area contributed by atoms with Crippen molar-refractivity contribution in [1.29, 1.82) is 0 Å². The Bertz CT molecular complexity index is 934. The standard InChI is InChI=1S/C23H22N2O2/c1-16-12-14-19(15-13-16)22(26)25-21-11-7-6-10-20(21)23(27)24-17(2)18-8-4-3-5-9-18/h3-15,17H,1-2H3,(H,24,27)(H,25,26)/t17-/m1/s1. The van der Waals surface area contributed by atoms with Crippen LogP contribution in [0.3, 0.4) is 0 Å². The average Bonchev–Trinajstić information content (AvgIpc) is 2.69. The molecule has 27 heavy (non-hydrogen) atoms. The fourth-order valence-electron chi connectivity index (χ4n) is 2.79. The molecule has 0 aliphatic carbocycles. The molecule has 0 spiro atoms. The van der Waals surface area contributed by atoms with Gasteiger partial charge in [0.25, 0.3) is 11.8 Å². The Kier molecular flexibility index (Phi) is 5.67. The predicted octanol–water partition coefficient (Wildman–Crippen LogP) is 4.74. The van der Waals surface area contributed by atoms with Gasteiger partial charge in [0.15, 0.2) is 0 Å². The molecule has 0 aromatic heterocycles. The van der Waals surface area contributed by atoms with Crippen molar-refractivity contribution in [2.24, 2.45) is 0 Å². The fourth-order valence-corrected chi connectivity index (χ4v) is 2.79. The topological polar surface area (TPSA) is 58.2 Å². The molecule has 3 aromatic carbocycles. The van der Waals surface area contributed by atoms with Crippen molar-refractivity contribution in [3.8, 4) is 0 Å². The van der Waals surface area contributed by atoms with Crippen LogP contribution < -0.4 is 10.6 Å². The smallest absolute Gasteiger partial charge is 0.255 e. The van der Waals surface area contributed by atoms with E-state index in [2.05, 4.69) is 10.6 Å². The molecule has 0 unspecified atom stereocenters. The van der Waals surface area contributed by atoms with E-state index >= 15 is 0 Å². The minimum absolute atomic E-state index is 0.139. The number of rotatable bonds is 5. The van der Waals surface area contributed by atoms with Gasteiger partial charge in [-0.3, -0.25) is 9.59 Å². The quantitative estimate of drug-likeness (QED) is 0.692. The van der Waals surface area contributed by atoms with Crippen molar-refractivity contribution in [3.05, 3.63) is 101 Å². The molecule has 2 N–H and O–H groups in total. The van der Waals surface area contributed by atoms with Gasteiger partial charge >= 0.3 is 0 Å². The number of nitrogens with one attached hydrogen (secondary N) is 2. The Morgan fingerprint density at radius 3 is 2.11 bits per heavy atom. The lowest BCUT2D eigenvalue weighted by atomic mass is 10.1. The summed E-state index contributed by atoms with van der Waals surface area (Å²) in [6.07, 6.45) is 0. The zero-order chi connectivity index (χ0) is 19.2. The van der Waals surface area contributed by atoms with Crippen LogP contribution in [0.4, 0.5) is 5.69 Å². The molecular weight excluding hydrogens is 336 g/mol. The Hall–Kier alpha value is -3.40. The van der Waals surface area contributed by atoms with E-state index in [1.807, 2.05) is 56.3 Å². The predicted molar refractivity (Wildman–Crippen MR) is 108 cm³/mol. The molecule has 2 amide bonds. The van der Waals surface area contributed by atoms with E-state index < -0.39 is 0 Å². The first kappa shape index (κ1) is 18.4. The molecule has 0 saturated heterocycles. The first-order valence-electron chi connectivity index (χ1n) is 8.87. The Morgan fingerprint density at radius 2 is 1.41 bits per heavy atom. The van der Waals surface area contributed by atoms with Gasteiger partial charge < -0.3 is 10.6 Å². The molecule has 0 aliphatic rings. The summed E-state index contributed by atoms with van der Waals surface area (Å²) >= 11 is 0. The zero-order valence-electron chi connectivity index (χ0n) is 15.4. The molecule has 0 fully saturated rings. The van der Waals surface area contributed by atoms with Crippen LogP contribution in [0.15, 0.2) is 78.9 Å². The van der Waals surface area contributed by atoms with E-state index in [-0.39, 0.29) is 17.9 Å². The van der Waals surface area contributed by atoms with E-state index in [4.69, 9.17) is 0 Å². The number of aryl methyl sites for hydroxylation is 1. The maximum absolute atomic E-state index is 12.7. The van der Waals surface area contributed by atoms with Gasteiger partial charge in [0.05, 0.1) is 17.3 Å². The number of amides is 2. The molecule has 0 aliphatic heterocycles. The second-order valence-electron chi connectivity index (χ2n) is 6.47. The van der Waals surface area contributed by atoms with E-state index in [1.165, 1.54) is 0 Å². The molecule has 4 nitrogen and oxygen atoms in total. The maximum Gasteiger partial charge on any atom is 0.255 e. The number of benzene rings is 3. The van der Waals surface area contributed by atoms with Gasteiger partial charge in [0.1, 0.15) is 0 Å². The molecule has 0 bridgehead atoms. The van der Waals surface area contributed by atoms with Crippen molar-refractivity contribution in [2.45, 2.75) is 19.9 Å². The van der Waals surface area contributed by atoms with Gasteiger partial charge in [-0.1, -0.05) is 60.2 Å². The molecule has 0 heterocycles. The summed E-state index contributed by atoms with van der Waals surface area (Å²) in [6, 6.07) is 23.9. The SMILES string of the molecule is Cc1ccc(C(=O)Nc2ccccc2C(=O)N[C@H](C)c2ccccc2)cc1. The molecule has 3 rings (SSSR count). The summed E-state index contributed by atoms with van der Waals surface area (Å²) in [6.45, 7) is 3.90. The summed E-state index contributed by atoms with van der Waals surface area (Å²) < 4.78 is 0. The van der Waals surface area contributed by atoms with Crippen molar-refractivity contribution >= 4 is 17.5 Å². The Balaban J connectivity index is 1.76. The molecule has 3 aromatic rings. The zero-order valence-corrected chi connectivity index (χ0v) is 15.4. The normalized spacial score (nSPS) is 11.5. The third-order valence-corrected chi connectivity index (χ3v) is 4.38. The fraction of sp³-hybridized carbons (Fsp3) is 0.130. The number of para-hydroxylation sites is 1. The molecule has 4 heteroatoms. The first-order chi connectivity index (χ1) is 13.0. The lowest BCUT2D eigenvalue weighted by molar-refractivity contribution is 0.0941. The summed E-state index contributed by atoms with van der Waals surface area (Å²) in [5.74, 6) is -0.475. The molecule has 136 valence electrons. The largest absolute Gasteiger partial charge is 0.345 e. The maximum atomic E-state index is 12.7. The summed E-state index contributed by atoms with van der Waals surface area (Å²) in [5.41, 5.74) is 3.57. The highest BCUT2D eigenvalue weighted by molar-refractivity contribution is 6.09. The van der Waals surface area contributed by atoms with E-state index in [9.17, 15) is 9.59 Å². The number of hydrogen-bond donors (Lipinski definition) is 2. The minimum atomic E-state index is -0.244. The van der Waals surface area contributed by atoms with Crippen LogP contribution in [0, 0.1) is 6.92 Å². The second-order valence-corrected chi connectivity index (χ2v) is 6.47. The van der Waals surface area contributed by atoms with E-state index in [0.717, 1.165) is 11.1 Å².